The summed E-state index contributed by atoms with van der Waals surface area (Å²) in [7, 11) is 0. The van der Waals surface area contributed by atoms with Gasteiger partial charge in [0.25, 0.3) is 5.89 Å². The Hall–Kier alpha value is -2.21. The molecule has 0 spiro atoms. The minimum atomic E-state index is -0.979. The van der Waals surface area contributed by atoms with Crippen molar-refractivity contribution in [3.8, 4) is 11.5 Å². The van der Waals surface area contributed by atoms with Gasteiger partial charge in [-0.3, -0.25) is 0 Å². The van der Waals surface area contributed by atoms with Crippen LogP contribution in [0.25, 0.3) is 11.5 Å². The number of aromatic nitrogens is 2. The highest BCUT2D eigenvalue weighted by Gasteiger charge is 2.18. The molecule has 0 bridgehead atoms. The third-order valence-corrected chi connectivity index (χ3v) is 3.51. The zero-order valence-electron chi connectivity index (χ0n) is 11.5. The number of carboxylic acid groups (broad SMARTS) is 1. The number of rotatable bonds is 4. The molecule has 0 radical (unpaired) electrons. The van der Waals surface area contributed by atoms with Crippen molar-refractivity contribution in [2.45, 2.75) is 31.8 Å². The van der Waals surface area contributed by atoms with Crippen molar-refractivity contribution in [3.63, 3.8) is 0 Å². The van der Waals surface area contributed by atoms with Gasteiger partial charge in [0.15, 0.2) is 5.82 Å². The van der Waals surface area contributed by atoms with Crippen LogP contribution in [-0.2, 0) is 11.2 Å². The number of aromatic carboxylic acids is 1. The molecule has 1 aliphatic rings. The molecule has 0 aliphatic carbocycles. The average Bonchev–Trinajstić information content (AvgIpc) is 2.97. The van der Waals surface area contributed by atoms with E-state index in [0.717, 1.165) is 25.9 Å². The number of ether oxygens (including phenoxy) is 1. The predicted octanol–water partition coefficient (Wildman–Crippen LogP) is 2.55. The van der Waals surface area contributed by atoms with Gasteiger partial charge in [-0.2, -0.15) is 4.98 Å². The number of hydrogen-bond donors (Lipinski definition) is 1. The van der Waals surface area contributed by atoms with Crippen LogP contribution in [0.5, 0.6) is 0 Å². The SMILES string of the molecule is O=C(O)c1cccc(-c2nc(CC3CCCCO3)no2)c1. The van der Waals surface area contributed by atoms with Crippen LogP contribution in [0, 0.1) is 0 Å². The fourth-order valence-corrected chi connectivity index (χ4v) is 2.41. The van der Waals surface area contributed by atoms with E-state index in [-0.39, 0.29) is 11.7 Å². The van der Waals surface area contributed by atoms with Crippen LogP contribution < -0.4 is 0 Å². The molecular weight excluding hydrogens is 272 g/mol. The van der Waals surface area contributed by atoms with Crippen molar-refractivity contribution >= 4 is 5.97 Å². The monoisotopic (exact) mass is 288 g/mol. The molecule has 1 fully saturated rings. The summed E-state index contributed by atoms with van der Waals surface area (Å²) in [6.45, 7) is 0.788. The fraction of sp³-hybridized carbons (Fsp3) is 0.400. The first-order valence-corrected chi connectivity index (χ1v) is 7.00. The quantitative estimate of drug-likeness (QED) is 0.930. The zero-order valence-corrected chi connectivity index (χ0v) is 11.5. The normalized spacial score (nSPS) is 18.6. The van der Waals surface area contributed by atoms with Crippen LogP contribution >= 0.6 is 0 Å². The summed E-state index contributed by atoms with van der Waals surface area (Å²) in [5.41, 5.74) is 0.807. The molecule has 6 nitrogen and oxygen atoms in total. The number of hydrogen-bond acceptors (Lipinski definition) is 5. The lowest BCUT2D eigenvalue weighted by Crippen LogP contribution is -2.21. The zero-order chi connectivity index (χ0) is 14.7. The number of benzene rings is 1. The molecule has 3 rings (SSSR count). The van der Waals surface area contributed by atoms with Gasteiger partial charge in [-0.15, -0.1) is 0 Å². The van der Waals surface area contributed by atoms with Crippen molar-refractivity contribution < 1.29 is 19.2 Å². The maximum absolute atomic E-state index is 11.0. The molecule has 2 heterocycles. The van der Waals surface area contributed by atoms with Gasteiger partial charge in [-0.25, -0.2) is 4.79 Å². The Kier molecular flexibility index (Phi) is 3.96. The molecule has 0 saturated carbocycles. The Morgan fingerprint density at radius 3 is 3.05 bits per heavy atom. The third-order valence-electron chi connectivity index (χ3n) is 3.51. The topological polar surface area (TPSA) is 85.5 Å². The van der Waals surface area contributed by atoms with Crippen LogP contribution in [0.3, 0.4) is 0 Å². The predicted molar refractivity (Wildman–Crippen MR) is 74.0 cm³/mol. The van der Waals surface area contributed by atoms with E-state index in [1.807, 2.05) is 0 Å². The summed E-state index contributed by atoms with van der Waals surface area (Å²) >= 11 is 0. The molecule has 1 saturated heterocycles. The van der Waals surface area contributed by atoms with Crippen LogP contribution in [0.1, 0.15) is 35.4 Å². The van der Waals surface area contributed by atoms with Gasteiger partial charge in [-0.1, -0.05) is 11.2 Å². The van der Waals surface area contributed by atoms with Gasteiger partial charge in [0.1, 0.15) is 0 Å². The summed E-state index contributed by atoms with van der Waals surface area (Å²) in [4.78, 5) is 15.3. The lowest BCUT2D eigenvalue weighted by Gasteiger charge is -2.20. The number of carboxylic acids is 1. The van der Waals surface area contributed by atoms with Crippen LogP contribution in [0.2, 0.25) is 0 Å². The van der Waals surface area contributed by atoms with E-state index in [9.17, 15) is 4.79 Å². The molecule has 1 unspecified atom stereocenters. The molecule has 110 valence electrons. The van der Waals surface area contributed by atoms with Crippen molar-refractivity contribution in [1.82, 2.24) is 10.1 Å². The van der Waals surface area contributed by atoms with Gasteiger partial charge in [0.05, 0.1) is 11.7 Å². The van der Waals surface area contributed by atoms with Gasteiger partial charge in [0.2, 0.25) is 0 Å². The molecule has 1 atom stereocenters. The Morgan fingerprint density at radius 1 is 1.38 bits per heavy atom. The number of nitrogens with zero attached hydrogens (tertiary/aromatic N) is 2. The van der Waals surface area contributed by atoms with Crippen LogP contribution in [0.4, 0.5) is 0 Å². The van der Waals surface area contributed by atoms with Crippen molar-refractivity contribution in [3.05, 3.63) is 35.7 Å². The van der Waals surface area contributed by atoms with E-state index in [2.05, 4.69) is 10.1 Å². The highest BCUT2D eigenvalue weighted by Crippen LogP contribution is 2.21. The molecule has 2 aromatic rings. The van der Waals surface area contributed by atoms with E-state index in [4.69, 9.17) is 14.4 Å². The largest absolute Gasteiger partial charge is 0.478 e. The Bertz CT molecular complexity index is 632. The van der Waals surface area contributed by atoms with E-state index < -0.39 is 5.97 Å². The summed E-state index contributed by atoms with van der Waals surface area (Å²) in [5.74, 6) is -0.0475. The van der Waals surface area contributed by atoms with Crippen molar-refractivity contribution in [2.75, 3.05) is 6.61 Å². The third kappa shape index (κ3) is 3.28. The Morgan fingerprint density at radius 2 is 2.29 bits per heavy atom. The first kappa shape index (κ1) is 13.8. The molecule has 1 N–H and O–H groups in total. The lowest BCUT2D eigenvalue weighted by atomic mass is 10.1. The second-order valence-electron chi connectivity index (χ2n) is 5.09. The molecule has 0 amide bonds. The minimum absolute atomic E-state index is 0.148. The maximum Gasteiger partial charge on any atom is 0.335 e. The van der Waals surface area contributed by atoms with Crippen molar-refractivity contribution in [2.24, 2.45) is 0 Å². The molecule has 1 aromatic heterocycles. The van der Waals surface area contributed by atoms with Gasteiger partial charge < -0.3 is 14.4 Å². The second-order valence-corrected chi connectivity index (χ2v) is 5.09. The molecule has 1 aromatic carbocycles. The molecule has 6 heteroatoms. The van der Waals surface area contributed by atoms with E-state index in [1.165, 1.54) is 12.1 Å². The maximum atomic E-state index is 11.0. The minimum Gasteiger partial charge on any atom is -0.478 e. The van der Waals surface area contributed by atoms with E-state index in [1.54, 1.807) is 12.1 Å². The highest BCUT2D eigenvalue weighted by molar-refractivity contribution is 5.88. The fourth-order valence-electron chi connectivity index (χ4n) is 2.41. The first-order valence-electron chi connectivity index (χ1n) is 7.00. The second kappa shape index (κ2) is 6.05. The molecule has 1 aliphatic heterocycles. The highest BCUT2D eigenvalue weighted by atomic mass is 16.5. The van der Waals surface area contributed by atoms with Gasteiger partial charge in [-0.05, 0) is 37.5 Å². The standard InChI is InChI=1S/C15H16N2O4/c18-15(19)11-5-3-4-10(8-11)14-16-13(17-21-14)9-12-6-1-2-7-20-12/h3-5,8,12H,1-2,6-7,9H2,(H,18,19). The average molecular weight is 288 g/mol. The lowest BCUT2D eigenvalue weighted by molar-refractivity contribution is 0.0153. The molecule has 21 heavy (non-hydrogen) atoms. The van der Waals surface area contributed by atoms with E-state index in [0.29, 0.717) is 23.7 Å². The summed E-state index contributed by atoms with van der Waals surface area (Å²) < 4.78 is 10.9. The summed E-state index contributed by atoms with van der Waals surface area (Å²) in [6, 6.07) is 6.46. The van der Waals surface area contributed by atoms with Gasteiger partial charge >= 0.3 is 5.97 Å². The number of carbonyl (C=O) groups is 1. The van der Waals surface area contributed by atoms with Crippen LogP contribution in [0.15, 0.2) is 28.8 Å². The van der Waals surface area contributed by atoms with Crippen LogP contribution in [-0.4, -0.2) is 33.9 Å². The van der Waals surface area contributed by atoms with Crippen molar-refractivity contribution in [1.29, 1.82) is 0 Å². The summed E-state index contributed by atoms with van der Waals surface area (Å²) in [5, 5.41) is 12.9. The molecular formula is C15H16N2O4. The van der Waals surface area contributed by atoms with E-state index >= 15 is 0 Å². The Labute approximate surface area is 121 Å². The van der Waals surface area contributed by atoms with Gasteiger partial charge in [0, 0.05) is 18.6 Å². The first-order chi connectivity index (χ1) is 10.2. The summed E-state index contributed by atoms with van der Waals surface area (Å²) in [6.07, 6.45) is 4.06. The smallest absolute Gasteiger partial charge is 0.335 e. The Balaban J connectivity index is 1.75.